The Labute approximate surface area is 98.4 Å². The summed E-state index contributed by atoms with van der Waals surface area (Å²) in [6.45, 7) is 3.15. The number of urea groups is 1. The van der Waals surface area contributed by atoms with Crippen LogP contribution in [-0.4, -0.2) is 18.6 Å². The molecule has 0 heterocycles. The molecule has 0 aromatic heterocycles. The van der Waals surface area contributed by atoms with Gasteiger partial charge >= 0.3 is 6.03 Å². The van der Waals surface area contributed by atoms with Crippen LogP contribution in [0, 0.1) is 11.8 Å². The van der Waals surface area contributed by atoms with Gasteiger partial charge in [0, 0.05) is 12.6 Å². The van der Waals surface area contributed by atoms with Crippen LogP contribution in [0.1, 0.15) is 51.9 Å². The highest BCUT2D eigenvalue weighted by atomic mass is 16.2. The number of carbonyl (C=O) groups excluding carboxylic acids is 1. The molecular formula is C13H24N2O. The second-order valence-corrected chi connectivity index (χ2v) is 5.42. The minimum Gasteiger partial charge on any atom is -0.338 e. The Morgan fingerprint density at radius 1 is 1.06 bits per heavy atom. The van der Waals surface area contributed by atoms with E-state index in [9.17, 15) is 4.79 Å². The highest BCUT2D eigenvalue weighted by Crippen LogP contribution is 2.30. The van der Waals surface area contributed by atoms with Crippen molar-refractivity contribution in [2.45, 2.75) is 57.9 Å². The molecule has 2 N–H and O–H groups in total. The van der Waals surface area contributed by atoms with Crippen molar-refractivity contribution < 1.29 is 4.79 Å². The van der Waals surface area contributed by atoms with Gasteiger partial charge in [0.05, 0.1) is 0 Å². The van der Waals surface area contributed by atoms with Gasteiger partial charge in [-0.1, -0.05) is 26.2 Å². The van der Waals surface area contributed by atoms with Crippen molar-refractivity contribution in [2.75, 3.05) is 6.54 Å². The van der Waals surface area contributed by atoms with Crippen molar-refractivity contribution in [3.8, 4) is 0 Å². The molecule has 0 aromatic carbocycles. The highest BCUT2D eigenvalue weighted by Gasteiger charge is 2.24. The monoisotopic (exact) mass is 224 g/mol. The van der Waals surface area contributed by atoms with Crippen LogP contribution in [0.3, 0.4) is 0 Å². The van der Waals surface area contributed by atoms with E-state index in [1.165, 1.54) is 32.1 Å². The topological polar surface area (TPSA) is 41.1 Å². The van der Waals surface area contributed by atoms with Crippen LogP contribution in [0.15, 0.2) is 0 Å². The maximum Gasteiger partial charge on any atom is 0.315 e. The Morgan fingerprint density at radius 2 is 1.69 bits per heavy atom. The predicted octanol–water partition coefficient (Wildman–Crippen LogP) is 2.66. The van der Waals surface area contributed by atoms with Gasteiger partial charge < -0.3 is 10.6 Å². The minimum atomic E-state index is 0.0418. The van der Waals surface area contributed by atoms with E-state index in [1.807, 2.05) is 0 Å². The van der Waals surface area contributed by atoms with E-state index in [1.54, 1.807) is 0 Å². The van der Waals surface area contributed by atoms with E-state index in [0.717, 1.165) is 25.3 Å². The van der Waals surface area contributed by atoms with Crippen molar-refractivity contribution in [1.82, 2.24) is 10.6 Å². The summed E-state index contributed by atoms with van der Waals surface area (Å²) in [7, 11) is 0. The summed E-state index contributed by atoms with van der Waals surface area (Å²) in [5.74, 6) is 1.66. The highest BCUT2D eigenvalue weighted by molar-refractivity contribution is 5.74. The Morgan fingerprint density at radius 3 is 2.25 bits per heavy atom. The van der Waals surface area contributed by atoms with Gasteiger partial charge in [-0.05, 0) is 37.5 Å². The van der Waals surface area contributed by atoms with Crippen LogP contribution in [-0.2, 0) is 0 Å². The zero-order valence-corrected chi connectivity index (χ0v) is 10.3. The van der Waals surface area contributed by atoms with Gasteiger partial charge in [0.25, 0.3) is 0 Å². The first-order valence-corrected chi connectivity index (χ1v) is 6.82. The lowest BCUT2D eigenvalue weighted by atomic mass is 9.81. The van der Waals surface area contributed by atoms with Gasteiger partial charge in [0.15, 0.2) is 0 Å². The number of carbonyl (C=O) groups is 1. The van der Waals surface area contributed by atoms with Crippen LogP contribution in [0.4, 0.5) is 4.79 Å². The van der Waals surface area contributed by atoms with Crippen molar-refractivity contribution >= 4 is 6.03 Å². The van der Waals surface area contributed by atoms with Crippen molar-refractivity contribution in [2.24, 2.45) is 11.8 Å². The minimum absolute atomic E-state index is 0.0418. The molecule has 2 saturated carbocycles. The molecule has 0 aromatic rings. The fourth-order valence-electron chi connectivity index (χ4n) is 2.54. The molecule has 0 unspecified atom stereocenters. The van der Waals surface area contributed by atoms with E-state index in [0.29, 0.717) is 12.0 Å². The third-order valence-electron chi connectivity index (χ3n) is 4.01. The fraction of sp³-hybridized carbons (Fsp3) is 0.923. The first-order chi connectivity index (χ1) is 7.78. The molecule has 0 atom stereocenters. The lowest BCUT2D eigenvalue weighted by Crippen LogP contribution is -2.39. The zero-order valence-electron chi connectivity index (χ0n) is 10.3. The molecule has 2 rings (SSSR count). The number of rotatable bonds is 4. The van der Waals surface area contributed by atoms with Crippen LogP contribution < -0.4 is 10.6 Å². The van der Waals surface area contributed by atoms with Crippen LogP contribution >= 0.6 is 0 Å². The molecule has 0 spiro atoms. The summed E-state index contributed by atoms with van der Waals surface area (Å²) in [6.07, 6.45) is 8.94. The molecule has 16 heavy (non-hydrogen) atoms. The van der Waals surface area contributed by atoms with Gasteiger partial charge in [-0.3, -0.25) is 0 Å². The quantitative estimate of drug-likeness (QED) is 0.757. The molecule has 3 heteroatoms. The molecule has 0 radical (unpaired) electrons. The largest absolute Gasteiger partial charge is 0.338 e. The Kier molecular flexibility index (Phi) is 4.08. The summed E-state index contributed by atoms with van der Waals surface area (Å²) in [5.41, 5.74) is 0. The van der Waals surface area contributed by atoms with Gasteiger partial charge in [0.2, 0.25) is 0 Å². The first-order valence-electron chi connectivity index (χ1n) is 6.82. The molecule has 2 fully saturated rings. The second-order valence-electron chi connectivity index (χ2n) is 5.42. The zero-order chi connectivity index (χ0) is 11.4. The normalized spacial score (nSPS) is 29.8. The van der Waals surface area contributed by atoms with Gasteiger partial charge in [-0.2, -0.15) is 0 Å². The smallest absolute Gasteiger partial charge is 0.315 e. The average molecular weight is 224 g/mol. The fourth-order valence-corrected chi connectivity index (χ4v) is 2.54. The summed E-state index contributed by atoms with van der Waals surface area (Å²) < 4.78 is 0. The molecule has 0 bridgehead atoms. The van der Waals surface area contributed by atoms with E-state index in [-0.39, 0.29) is 6.03 Å². The molecule has 3 nitrogen and oxygen atoms in total. The van der Waals surface area contributed by atoms with Gasteiger partial charge in [0.1, 0.15) is 0 Å². The standard InChI is InChI=1S/C13H24N2O/c1-2-10-3-5-11(6-4-10)9-14-13(16)15-12-7-8-12/h10-12H,2-9H2,1H3,(H2,14,15,16). The van der Waals surface area contributed by atoms with Crippen LogP contribution in [0.2, 0.25) is 0 Å². The molecule has 2 aliphatic carbocycles. The number of hydrogen-bond donors (Lipinski definition) is 2. The Bertz CT molecular complexity index is 230. The van der Waals surface area contributed by atoms with Crippen LogP contribution in [0.5, 0.6) is 0 Å². The third kappa shape index (κ3) is 3.69. The number of amides is 2. The lowest BCUT2D eigenvalue weighted by Gasteiger charge is -2.27. The molecule has 0 aliphatic heterocycles. The molecular weight excluding hydrogens is 200 g/mol. The van der Waals surface area contributed by atoms with Gasteiger partial charge in [-0.15, -0.1) is 0 Å². The summed E-state index contributed by atoms with van der Waals surface area (Å²) >= 11 is 0. The van der Waals surface area contributed by atoms with Gasteiger partial charge in [-0.25, -0.2) is 4.79 Å². The maximum absolute atomic E-state index is 11.4. The summed E-state index contributed by atoms with van der Waals surface area (Å²) in [5, 5.41) is 5.97. The van der Waals surface area contributed by atoms with Crippen molar-refractivity contribution in [3.63, 3.8) is 0 Å². The average Bonchev–Trinajstić information content (AvgIpc) is 3.11. The van der Waals surface area contributed by atoms with E-state index < -0.39 is 0 Å². The maximum atomic E-state index is 11.4. The summed E-state index contributed by atoms with van der Waals surface area (Å²) in [4.78, 5) is 11.4. The number of nitrogens with one attached hydrogen (secondary N) is 2. The van der Waals surface area contributed by atoms with E-state index in [2.05, 4.69) is 17.6 Å². The second kappa shape index (κ2) is 5.55. The molecule has 2 aliphatic rings. The summed E-state index contributed by atoms with van der Waals surface area (Å²) in [6, 6.07) is 0.510. The Balaban J connectivity index is 1.57. The molecule has 92 valence electrons. The van der Waals surface area contributed by atoms with E-state index >= 15 is 0 Å². The Hall–Kier alpha value is -0.730. The SMILES string of the molecule is CCC1CCC(CNC(=O)NC2CC2)CC1. The third-order valence-corrected chi connectivity index (χ3v) is 4.01. The molecule has 2 amide bonds. The molecule has 0 saturated heterocycles. The lowest BCUT2D eigenvalue weighted by molar-refractivity contribution is 0.229. The van der Waals surface area contributed by atoms with Crippen LogP contribution in [0.25, 0.3) is 0 Å². The number of hydrogen-bond acceptors (Lipinski definition) is 1. The first kappa shape index (κ1) is 11.7. The van der Waals surface area contributed by atoms with Crippen molar-refractivity contribution in [1.29, 1.82) is 0 Å². The predicted molar refractivity (Wildman–Crippen MR) is 65.3 cm³/mol. The van der Waals surface area contributed by atoms with E-state index in [4.69, 9.17) is 0 Å². The van der Waals surface area contributed by atoms with Crippen molar-refractivity contribution in [3.05, 3.63) is 0 Å².